The molecule has 0 amide bonds. The van der Waals surface area contributed by atoms with Crippen LogP contribution in [0.4, 0.5) is 0 Å². The first-order valence-electron chi connectivity index (χ1n) is 6.60. The molecule has 5 nitrogen and oxygen atoms in total. The normalized spacial score (nSPS) is 12.3. The monoisotopic (exact) mass is 354 g/mol. The van der Waals surface area contributed by atoms with Crippen molar-refractivity contribution in [1.82, 2.24) is 9.78 Å². The fourth-order valence-electron chi connectivity index (χ4n) is 2.09. The van der Waals surface area contributed by atoms with Gasteiger partial charge in [-0.15, -0.1) is 0 Å². The second kappa shape index (κ2) is 6.49. The third-order valence-electron chi connectivity index (χ3n) is 3.30. The van der Waals surface area contributed by atoms with Gasteiger partial charge in [-0.2, -0.15) is 5.10 Å². The van der Waals surface area contributed by atoms with E-state index in [-0.39, 0.29) is 0 Å². The number of aryl methyl sites for hydroxylation is 2. The van der Waals surface area contributed by atoms with Gasteiger partial charge < -0.3 is 14.6 Å². The molecule has 0 fully saturated rings. The topological polar surface area (TPSA) is 56.5 Å². The van der Waals surface area contributed by atoms with E-state index in [2.05, 4.69) is 21.0 Å². The molecular formula is C15H19BrN2O3. The zero-order chi connectivity index (χ0) is 15.6. The summed E-state index contributed by atoms with van der Waals surface area (Å²) < 4.78 is 13.8. The number of aliphatic hydroxyl groups is 1. The van der Waals surface area contributed by atoms with Crippen LogP contribution < -0.4 is 9.47 Å². The number of nitrogens with zero attached hydrogens (tertiary/aromatic N) is 2. The first-order valence-corrected chi connectivity index (χ1v) is 7.40. The average Bonchev–Trinajstić information content (AvgIpc) is 2.69. The summed E-state index contributed by atoms with van der Waals surface area (Å²) in [5.41, 5.74) is 2.58. The Morgan fingerprint density at radius 2 is 2.14 bits per heavy atom. The molecule has 1 atom stereocenters. The predicted molar refractivity (Wildman–Crippen MR) is 83.6 cm³/mol. The Morgan fingerprint density at radius 1 is 1.43 bits per heavy atom. The van der Waals surface area contributed by atoms with Crippen molar-refractivity contribution in [3.05, 3.63) is 39.6 Å². The zero-order valence-corrected chi connectivity index (χ0v) is 14.1. The van der Waals surface area contributed by atoms with Crippen LogP contribution in [0.1, 0.15) is 30.0 Å². The lowest BCUT2D eigenvalue weighted by Gasteiger charge is -2.15. The molecule has 0 radical (unpaired) electrons. The third-order valence-corrected chi connectivity index (χ3v) is 4.33. The third kappa shape index (κ3) is 3.39. The SMILES string of the molecule is COc1ccc(C(C)O)c(OCc2c(Br)c(C)nn2C)c1. The Morgan fingerprint density at radius 3 is 2.67 bits per heavy atom. The molecule has 0 aliphatic rings. The molecule has 1 unspecified atom stereocenters. The average molecular weight is 355 g/mol. The van der Waals surface area contributed by atoms with Crippen molar-refractivity contribution < 1.29 is 14.6 Å². The van der Waals surface area contributed by atoms with Crippen LogP contribution in [0, 0.1) is 6.92 Å². The van der Waals surface area contributed by atoms with Gasteiger partial charge in [-0.05, 0) is 41.9 Å². The Hall–Kier alpha value is -1.53. The number of aliphatic hydroxyl groups excluding tert-OH is 1. The van der Waals surface area contributed by atoms with Crippen molar-refractivity contribution >= 4 is 15.9 Å². The van der Waals surface area contributed by atoms with Gasteiger partial charge in [0.05, 0.1) is 29.1 Å². The fraction of sp³-hybridized carbons (Fsp3) is 0.400. The van der Waals surface area contributed by atoms with Crippen molar-refractivity contribution in [2.24, 2.45) is 7.05 Å². The van der Waals surface area contributed by atoms with Crippen LogP contribution in [-0.4, -0.2) is 22.0 Å². The van der Waals surface area contributed by atoms with Crippen LogP contribution in [0.25, 0.3) is 0 Å². The number of methoxy groups -OCH3 is 1. The summed E-state index contributed by atoms with van der Waals surface area (Å²) in [4.78, 5) is 0. The van der Waals surface area contributed by atoms with Crippen molar-refractivity contribution in [2.75, 3.05) is 7.11 Å². The van der Waals surface area contributed by atoms with E-state index < -0.39 is 6.10 Å². The van der Waals surface area contributed by atoms with Gasteiger partial charge in [0.1, 0.15) is 18.1 Å². The molecule has 21 heavy (non-hydrogen) atoms. The molecular weight excluding hydrogens is 336 g/mol. The van der Waals surface area contributed by atoms with Crippen molar-refractivity contribution in [1.29, 1.82) is 0 Å². The zero-order valence-electron chi connectivity index (χ0n) is 12.6. The van der Waals surface area contributed by atoms with Crippen molar-refractivity contribution in [2.45, 2.75) is 26.6 Å². The van der Waals surface area contributed by atoms with E-state index in [9.17, 15) is 5.11 Å². The van der Waals surface area contributed by atoms with Crippen LogP contribution in [-0.2, 0) is 13.7 Å². The van der Waals surface area contributed by atoms with Crippen LogP contribution in [0.5, 0.6) is 11.5 Å². The Bertz CT molecular complexity index is 638. The van der Waals surface area contributed by atoms with E-state index in [4.69, 9.17) is 9.47 Å². The summed E-state index contributed by atoms with van der Waals surface area (Å²) in [6, 6.07) is 5.39. The summed E-state index contributed by atoms with van der Waals surface area (Å²) in [5.74, 6) is 1.30. The summed E-state index contributed by atoms with van der Waals surface area (Å²) >= 11 is 3.51. The quantitative estimate of drug-likeness (QED) is 0.895. The highest BCUT2D eigenvalue weighted by molar-refractivity contribution is 9.10. The van der Waals surface area contributed by atoms with E-state index in [0.717, 1.165) is 21.4 Å². The number of benzene rings is 1. The smallest absolute Gasteiger partial charge is 0.131 e. The molecule has 0 saturated carbocycles. The summed E-state index contributed by atoms with van der Waals surface area (Å²) in [6.07, 6.45) is -0.609. The van der Waals surface area contributed by atoms with Crippen LogP contribution >= 0.6 is 15.9 Å². The number of halogens is 1. The molecule has 2 rings (SSSR count). The Labute approximate surface area is 132 Å². The molecule has 2 aromatic rings. The fourth-order valence-corrected chi connectivity index (χ4v) is 2.55. The van der Waals surface area contributed by atoms with Gasteiger partial charge in [-0.1, -0.05) is 0 Å². The molecule has 1 heterocycles. The van der Waals surface area contributed by atoms with Gasteiger partial charge in [0.15, 0.2) is 0 Å². The number of rotatable bonds is 5. The first-order chi connectivity index (χ1) is 9.93. The molecule has 0 spiro atoms. The van der Waals surface area contributed by atoms with Gasteiger partial charge in [0.25, 0.3) is 0 Å². The summed E-state index contributed by atoms with van der Waals surface area (Å²) in [7, 11) is 3.47. The van der Waals surface area contributed by atoms with E-state index in [1.807, 2.05) is 20.0 Å². The minimum absolute atomic E-state index is 0.352. The maximum absolute atomic E-state index is 9.83. The number of aromatic nitrogens is 2. The Balaban J connectivity index is 2.26. The summed E-state index contributed by atoms with van der Waals surface area (Å²) in [6.45, 7) is 3.99. The molecule has 114 valence electrons. The van der Waals surface area contributed by atoms with E-state index in [1.54, 1.807) is 30.8 Å². The molecule has 0 aliphatic heterocycles. The molecule has 1 aromatic carbocycles. The molecule has 0 bridgehead atoms. The lowest BCUT2D eigenvalue weighted by atomic mass is 10.1. The number of hydrogen-bond donors (Lipinski definition) is 1. The van der Waals surface area contributed by atoms with Crippen LogP contribution in [0.3, 0.4) is 0 Å². The van der Waals surface area contributed by atoms with Crippen molar-refractivity contribution in [3.8, 4) is 11.5 Å². The van der Waals surface area contributed by atoms with Gasteiger partial charge in [0.2, 0.25) is 0 Å². The first kappa shape index (κ1) is 15.9. The van der Waals surface area contributed by atoms with E-state index in [1.165, 1.54) is 0 Å². The largest absolute Gasteiger partial charge is 0.497 e. The predicted octanol–water partition coefficient (Wildman–Crippen LogP) is 3.13. The van der Waals surface area contributed by atoms with Gasteiger partial charge in [0, 0.05) is 18.7 Å². The minimum atomic E-state index is -0.609. The van der Waals surface area contributed by atoms with Gasteiger partial charge in [-0.3, -0.25) is 4.68 Å². The molecule has 1 aromatic heterocycles. The van der Waals surface area contributed by atoms with Crippen LogP contribution in [0.15, 0.2) is 22.7 Å². The maximum atomic E-state index is 9.83. The molecule has 1 N–H and O–H groups in total. The lowest BCUT2D eigenvalue weighted by Crippen LogP contribution is -2.06. The highest BCUT2D eigenvalue weighted by Crippen LogP contribution is 2.31. The minimum Gasteiger partial charge on any atom is -0.497 e. The number of ether oxygens (including phenoxy) is 2. The lowest BCUT2D eigenvalue weighted by molar-refractivity contribution is 0.189. The van der Waals surface area contributed by atoms with E-state index in [0.29, 0.717) is 18.1 Å². The summed E-state index contributed by atoms with van der Waals surface area (Å²) in [5, 5.41) is 14.2. The number of hydrogen-bond acceptors (Lipinski definition) is 4. The second-order valence-corrected chi connectivity index (χ2v) is 5.63. The van der Waals surface area contributed by atoms with E-state index >= 15 is 0 Å². The standard InChI is InChI=1S/C15H19BrN2O3/c1-9-15(16)13(18(3)17-9)8-21-14-7-11(20-4)5-6-12(14)10(2)19/h5-7,10,19H,8H2,1-4H3. The highest BCUT2D eigenvalue weighted by atomic mass is 79.9. The molecule has 6 heteroatoms. The Kier molecular flexibility index (Phi) is 4.90. The maximum Gasteiger partial charge on any atom is 0.131 e. The van der Waals surface area contributed by atoms with Gasteiger partial charge in [-0.25, -0.2) is 0 Å². The van der Waals surface area contributed by atoms with Gasteiger partial charge >= 0.3 is 0 Å². The van der Waals surface area contributed by atoms with Crippen LogP contribution in [0.2, 0.25) is 0 Å². The second-order valence-electron chi connectivity index (χ2n) is 4.84. The molecule has 0 saturated heterocycles. The van der Waals surface area contributed by atoms with Crippen molar-refractivity contribution in [3.63, 3.8) is 0 Å². The highest BCUT2D eigenvalue weighted by Gasteiger charge is 2.14. The molecule has 0 aliphatic carbocycles.